The van der Waals surface area contributed by atoms with E-state index in [1.54, 1.807) is 24.3 Å². The predicted octanol–water partition coefficient (Wildman–Crippen LogP) is 6.33. The molecule has 0 aliphatic rings. The monoisotopic (exact) mass is 473 g/mol. The summed E-state index contributed by atoms with van der Waals surface area (Å²) in [5.41, 5.74) is 6.82. The van der Waals surface area contributed by atoms with E-state index >= 15 is 0 Å². The third-order valence-corrected chi connectivity index (χ3v) is 5.55. The highest BCUT2D eigenvalue weighted by Gasteiger charge is 2.16. The SMILES string of the molecule is Cc1cc(C)c2oc(-c3cccc(NC(=S)NC(=O)c4ccc(OC(C)C)cc4)c3C)nc2c1. The minimum absolute atomic E-state index is 0.0679. The lowest BCUT2D eigenvalue weighted by Gasteiger charge is -2.14. The molecule has 0 unspecified atom stereocenters. The molecular weight excluding hydrogens is 446 g/mol. The number of aromatic nitrogens is 1. The van der Waals surface area contributed by atoms with Crippen LogP contribution in [0.1, 0.15) is 40.9 Å². The van der Waals surface area contributed by atoms with Crippen molar-refractivity contribution in [3.63, 3.8) is 0 Å². The minimum Gasteiger partial charge on any atom is -0.491 e. The van der Waals surface area contributed by atoms with Gasteiger partial charge in [-0.3, -0.25) is 10.1 Å². The summed E-state index contributed by atoms with van der Waals surface area (Å²) in [5, 5.41) is 6.05. The Balaban J connectivity index is 1.49. The van der Waals surface area contributed by atoms with Crippen LogP contribution in [-0.2, 0) is 0 Å². The molecule has 0 radical (unpaired) electrons. The van der Waals surface area contributed by atoms with Crippen LogP contribution < -0.4 is 15.4 Å². The van der Waals surface area contributed by atoms with E-state index in [2.05, 4.69) is 16.7 Å². The van der Waals surface area contributed by atoms with Gasteiger partial charge in [0, 0.05) is 16.8 Å². The first kappa shape index (κ1) is 23.4. The molecule has 0 spiro atoms. The van der Waals surface area contributed by atoms with Gasteiger partial charge in [-0.25, -0.2) is 4.98 Å². The molecule has 1 heterocycles. The molecule has 0 saturated carbocycles. The summed E-state index contributed by atoms with van der Waals surface area (Å²) in [6.45, 7) is 9.92. The third kappa shape index (κ3) is 5.10. The number of fused-ring (bicyclic) bond motifs is 1. The first-order chi connectivity index (χ1) is 16.2. The largest absolute Gasteiger partial charge is 0.491 e. The summed E-state index contributed by atoms with van der Waals surface area (Å²) in [4.78, 5) is 17.3. The van der Waals surface area contributed by atoms with Gasteiger partial charge < -0.3 is 14.5 Å². The summed E-state index contributed by atoms with van der Waals surface area (Å²) in [7, 11) is 0. The number of hydrogen-bond acceptors (Lipinski definition) is 5. The second kappa shape index (κ2) is 9.65. The second-order valence-electron chi connectivity index (χ2n) is 8.53. The van der Waals surface area contributed by atoms with Gasteiger partial charge in [0.05, 0.1) is 6.10 Å². The van der Waals surface area contributed by atoms with Crippen molar-refractivity contribution in [1.82, 2.24) is 10.3 Å². The Morgan fingerprint density at radius 2 is 1.79 bits per heavy atom. The number of aryl methyl sites for hydroxylation is 2. The van der Waals surface area contributed by atoms with Crippen molar-refractivity contribution in [1.29, 1.82) is 0 Å². The molecule has 3 aromatic carbocycles. The lowest BCUT2D eigenvalue weighted by Crippen LogP contribution is -2.34. The smallest absolute Gasteiger partial charge is 0.257 e. The zero-order chi connectivity index (χ0) is 24.4. The van der Waals surface area contributed by atoms with Crippen molar-refractivity contribution < 1.29 is 13.9 Å². The number of thiocarbonyl (C=S) groups is 1. The van der Waals surface area contributed by atoms with Crippen LogP contribution in [0.4, 0.5) is 5.69 Å². The van der Waals surface area contributed by atoms with Crippen LogP contribution >= 0.6 is 12.2 Å². The van der Waals surface area contributed by atoms with Crippen LogP contribution in [0.3, 0.4) is 0 Å². The van der Waals surface area contributed by atoms with Gasteiger partial charge in [-0.15, -0.1) is 0 Å². The molecular formula is C27H27N3O3S. The summed E-state index contributed by atoms with van der Waals surface area (Å²) < 4.78 is 11.7. The molecule has 0 aliphatic heterocycles. The maximum Gasteiger partial charge on any atom is 0.257 e. The van der Waals surface area contributed by atoms with Crippen molar-refractivity contribution in [2.45, 2.75) is 40.7 Å². The van der Waals surface area contributed by atoms with E-state index in [1.165, 1.54) is 0 Å². The van der Waals surface area contributed by atoms with E-state index in [-0.39, 0.29) is 17.1 Å². The van der Waals surface area contributed by atoms with Gasteiger partial charge in [0.1, 0.15) is 11.3 Å². The van der Waals surface area contributed by atoms with Crippen LogP contribution in [0.5, 0.6) is 5.75 Å². The van der Waals surface area contributed by atoms with Gasteiger partial charge >= 0.3 is 0 Å². The average molecular weight is 474 g/mol. The predicted molar refractivity (Wildman–Crippen MR) is 140 cm³/mol. The number of amides is 1. The van der Waals surface area contributed by atoms with Crippen molar-refractivity contribution >= 4 is 40.0 Å². The van der Waals surface area contributed by atoms with E-state index in [9.17, 15) is 4.79 Å². The number of nitrogens with one attached hydrogen (secondary N) is 2. The molecule has 0 atom stereocenters. The highest BCUT2D eigenvalue weighted by Crippen LogP contribution is 2.32. The van der Waals surface area contributed by atoms with Crippen molar-refractivity contribution in [3.8, 4) is 17.2 Å². The average Bonchev–Trinajstić information content (AvgIpc) is 3.19. The molecule has 0 fully saturated rings. The van der Waals surface area contributed by atoms with Crippen LogP contribution in [0.15, 0.2) is 59.0 Å². The van der Waals surface area contributed by atoms with E-state index in [0.717, 1.165) is 39.0 Å². The molecule has 0 aliphatic carbocycles. The fraction of sp³-hybridized carbons (Fsp3) is 0.222. The van der Waals surface area contributed by atoms with E-state index < -0.39 is 0 Å². The number of nitrogens with zero attached hydrogens (tertiary/aromatic N) is 1. The zero-order valence-electron chi connectivity index (χ0n) is 19.9. The lowest BCUT2D eigenvalue weighted by molar-refractivity contribution is 0.0977. The molecule has 174 valence electrons. The Morgan fingerprint density at radius 1 is 1.06 bits per heavy atom. The van der Waals surface area contributed by atoms with Gasteiger partial charge in [-0.05, 0) is 106 Å². The maximum absolute atomic E-state index is 12.6. The second-order valence-corrected chi connectivity index (χ2v) is 8.93. The van der Waals surface area contributed by atoms with Gasteiger partial charge in [0.25, 0.3) is 5.91 Å². The fourth-order valence-electron chi connectivity index (χ4n) is 3.78. The standard InChI is InChI=1S/C27H27N3O3S/c1-15(2)32-20-11-9-19(10-12-20)25(31)30-27(34)29-22-8-6-7-21(18(22)5)26-28-23-14-16(3)13-17(4)24(23)33-26/h6-15H,1-5H3,(H2,29,30,31,34). The number of anilines is 1. The highest BCUT2D eigenvalue weighted by atomic mass is 32.1. The molecule has 7 heteroatoms. The first-order valence-electron chi connectivity index (χ1n) is 11.1. The number of benzene rings is 3. The number of ether oxygens (including phenoxy) is 1. The van der Waals surface area contributed by atoms with Crippen LogP contribution in [0.2, 0.25) is 0 Å². The number of carbonyl (C=O) groups excluding carboxylic acids is 1. The van der Waals surface area contributed by atoms with E-state index in [4.69, 9.17) is 26.4 Å². The maximum atomic E-state index is 12.6. The van der Waals surface area contributed by atoms with Gasteiger partial charge in [0.2, 0.25) is 5.89 Å². The van der Waals surface area contributed by atoms with Gasteiger partial charge in [-0.1, -0.05) is 12.1 Å². The number of hydrogen-bond donors (Lipinski definition) is 2. The Morgan fingerprint density at radius 3 is 2.50 bits per heavy atom. The lowest BCUT2D eigenvalue weighted by atomic mass is 10.1. The zero-order valence-corrected chi connectivity index (χ0v) is 20.7. The van der Waals surface area contributed by atoms with Crippen LogP contribution in [-0.4, -0.2) is 22.1 Å². The van der Waals surface area contributed by atoms with Crippen molar-refractivity contribution in [3.05, 3.63) is 76.9 Å². The molecule has 0 saturated heterocycles. The van der Waals surface area contributed by atoms with E-state index in [1.807, 2.05) is 58.9 Å². The summed E-state index contributed by atoms with van der Waals surface area (Å²) in [6.07, 6.45) is 0.0679. The first-order valence-corrected chi connectivity index (χ1v) is 11.5. The Hall–Kier alpha value is -3.71. The quantitative estimate of drug-likeness (QED) is 0.330. The summed E-state index contributed by atoms with van der Waals surface area (Å²) in [5.74, 6) is 0.958. The molecule has 34 heavy (non-hydrogen) atoms. The van der Waals surface area contributed by atoms with E-state index in [0.29, 0.717) is 17.2 Å². The minimum atomic E-state index is -0.299. The Bertz CT molecular complexity index is 1370. The number of oxazole rings is 1. The fourth-order valence-corrected chi connectivity index (χ4v) is 3.98. The van der Waals surface area contributed by atoms with Crippen molar-refractivity contribution in [2.24, 2.45) is 0 Å². The van der Waals surface area contributed by atoms with Crippen molar-refractivity contribution in [2.75, 3.05) is 5.32 Å². The van der Waals surface area contributed by atoms with Crippen LogP contribution in [0.25, 0.3) is 22.6 Å². The molecule has 4 aromatic rings. The Kier molecular flexibility index (Phi) is 6.65. The molecule has 2 N–H and O–H groups in total. The van der Waals surface area contributed by atoms with Gasteiger partial charge in [-0.2, -0.15) is 0 Å². The number of rotatable bonds is 5. The molecule has 6 nitrogen and oxygen atoms in total. The topological polar surface area (TPSA) is 76.4 Å². The molecule has 1 aromatic heterocycles. The highest BCUT2D eigenvalue weighted by molar-refractivity contribution is 7.80. The van der Waals surface area contributed by atoms with Crippen LogP contribution in [0, 0.1) is 20.8 Å². The molecule has 1 amide bonds. The summed E-state index contributed by atoms with van der Waals surface area (Å²) >= 11 is 5.39. The van der Waals surface area contributed by atoms with Gasteiger partial charge in [0.15, 0.2) is 10.7 Å². The Labute approximate surface area is 204 Å². The number of carbonyl (C=O) groups is 1. The molecule has 0 bridgehead atoms. The molecule has 4 rings (SSSR count). The summed E-state index contributed by atoms with van der Waals surface area (Å²) in [6, 6.07) is 16.8. The normalized spacial score (nSPS) is 11.0. The third-order valence-electron chi connectivity index (χ3n) is 5.35.